The summed E-state index contributed by atoms with van der Waals surface area (Å²) in [7, 11) is 0. The molecule has 0 unspecified atom stereocenters. The number of amides is 2. The van der Waals surface area contributed by atoms with Gasteiger partial charge < -0.3 is 10.2 Å². The van der Waals surface area contributed by atoms with Gasteiger partial charge in [-0.2, -0.15) is 0 Å². The first-order chi connectivity index (χ1) is 15.6. The van der Waals surface area contributed by atoms with E-state index in [2.05, 4.69) is 5.32 Å². The average molecular weight is 487 g/mol. The second kappa shape index (κ2) is 11.1. The van der Waals surface area contributed by atoms with E-state index in [-0.39, 0.29) is 24.3 Å². The van der Waals surface area contributed by atoms with Gasteiger partial charge in [-0.05, 0) is 53.4 Å². The van der Waals surface area contributed by atoms with Gasteiger partial charge in [0.05, 0.1) is 13.0 Å². The molecule has 0 saturated heterocycles. The molecule has 32 heavy (non-hydrogen) atoms. The van der Waals surface area contributed by atoms with Crippen molar-refractivity contribution in [1.82, 2.24) is 10.2 Å². The molecule has 168 valence electrons. The molecule has 1 aliphatic carbocycles. The number of hydrogen-bond acceptors (Lipinski definition) is 4. The summed E-state index contributed by atoms with van der Waals surface area (Å²) < 4.78 is 0. The van der Waals surface area contributed by atoms with Crippen molar-refractivity contribution in [3.8, 4) is 0 Å². The van der Waals surface area contributed by atoms with E-state index in [0.717, 1.165) is 41.0 Å². The largest absolute Gasteiger partial charge is 0.351 e. The molecule has 1 aliphatic rings. The lowest BCUT2D eigenvalue weighted by Gasteiger charge is -2.33. The van der Waals surface area contributed by atoms with E-state index in [1.165, 1.54) is 6.42 Å². The summed E-state index contributed by atoms with van der Waals surface area (Å²) >= 11 is 9.28. The lowest BCUT2D eigenvalue weighted by molar-refractivity contribution is -0.141. The number of hydrogen-bond donors (Lipinski definition) is 1. The molecule has 0 radical (unpaired) electrons. The SMILES string of the molecule is O=C(NC1CCCCC1)[C@@H](c1ccc(Cl)cc1)N(Cc1cccs1)C(=O)Cc1cccs1. The third-order valence-electron chi connectivity index (χ3n) is 5.83. The number of carbonyl (C=O) groups is 2. The van der Waals surface area contributed by atoms with Crippen molar-refractivity contribution in [1.29, 1.82) is 0 Å². The molecule has 1 fully saturated rings. The molecule has 0 spiro atoms. The quantitative estimate of drug-likeness (QED) is 0.410. The lowest BCUT2D eigenvalue weighted by Crippen LogP contribution is -2.47. The second-order valence-electron chi connectivity index (χ2n) is 8.15. The standard InChI is InChI=1S/C25H27ClN2O2S2/c26-19-12-10-18(11-13-19)24(25(30)27-20-6-2-1-3-7-20)28(17-22-9-5-15-32-22)23(29)16-21-8-4-14-31-21/h4-5,8-15,20,24H,1-3,6-7,16-17H2,(H,27,30)/t24-/m1/s1. The number of nitrogens with one attached hydrogen (secondary N) is 1. The maximum Gasteiger partial charge on any atom is 0.247 e. The molecule has 0 bridgehead atoms. The van der Waals surface area contributed by atoms with Gasteiger partial charge in [0.1, 0.15) is 6.04 Å². The van der Waals surface area contributed by atoms with E-state index in [0.29, 0.717) is 11.6 Å². The second-order valence-corrected chi connectivity index (χ2v) is 10.7. The molecule has 3 aromatic rings. The van der Waals surface area contributed by atoms with Gasteiger partial charge in [-0.15, -0.1) is 22.7 Å². The summed E-state index contributed by atoms with van der Waals surface area (Å²) in [5, 5.41) is 7.82. The number of carbonyl (C=O) groups excluding carboxylic acids is 2. The lowest BCUT2D eigenvalue weighted by atomic mass is 9.94. The van der Waals surface area contributed by atoms with Crippen molar-refractivity contribution >= 4 is 46.1 Å². The Labute approximate surface area is 202 Å². The van der Waals surface area contributed by atoms with Gasteiger partial charge in [0.15, 0.2) is 0 Å². The summed E-state index contributed by atoms with van der Waals surface area (Å²) in [6.45, 7) is 0.396. The van der Waals surface area contributed by atoms with Crippen molar-refractivity contribution < 1.29 is 9.59 Å². The van der Waals surface area contributed by atoms with Crippen LogP contribution in [0.5, 0.6) is 0 Å². The Morgan fingerprint density at radius 1 is 0.969 bits per heavy atom. The number of nitrogens with zero attached hydrogens (tertiary/aromatic N) is 1. The first-order valence-corrected chi connectivity index (χ1v) is 13.1. The minimum atomic E-state index is -0.705. The van der Waals surface area contributed by atoms with Gasteiger partial charge >= 0.3 is 0 Å². The monoisotopic (exact) mass is 486 g/mol. The van der Waals surface area contributed by atoms with Crippen LogP contribution in [-0.4, -0.2) is 22.8 Å². The van der Waals surface area contributed by atoms with Crippen molar-refractivity contribution in [3.05, 3.63) is 79.6 Å². The number of rotatable bonds is 8. The molecule has 1 aromatic carbocycles. The minimum absolute atomic E-state index is 0.0559. The van der Waals surface area contributed by atoms with E-state index in [4.69, 9.17) is 11.6 Å². The fraction of sp³-hybridized carbons (Fsp3) is 0.360. The summed E-state index contributed by atoms with van der Waals surface area (Å²) in [6, 6.07) is 14.6. The molecule has 2 heterocycles. The number of benzene rings is 1. The maximum absolute atomic E-state index is 13.6. The Kier molecular flexibility index (Phi) is 8.00. The van der Waals surface area contributed by atoms with Crippen molar-refractivity contribution in [2.45, 2.75) is 57.2 Å². The summed E-state index contributed by atoms with van der Waals surface area (Å²) in [5.41, 5.74) is 0.777. The Hall–Kier alpha value is -2.15. The highest BCUT2D eigenvalue weighted by atomic mass is 35.5. The highest BCUT2D eigenvalue weighted by Gasteiger charge is 2.33. The van der Waals surface area contributed by atoms with E-state index >= 15 is 0 Å². The third-order valence-corrected chi connectivity index (χ3v) is 7.82. The molecular weight excluding hydrogens is 460 g/mol. The molecule has 4 rings (SSSR count). The van der Waals surface area contributed by atoms with Gasteiger partial charge in [0.25, 0.3) is 0 Å². The normalized spacial score (nSPS) is 15.3. The molecule has 2 aromatic heterocycles. The summed E-state index contributed by atoms with van der Waals surface area (Å²) in [6.07, 6.45) is 5.75. The van der Waals surface area contributed by atoms with Gasteiger partial charge in [0.2, 0.25) is 11.8 Å². The van der Waals surface area contributed by atoms with Gasteiger partial charge in [-0.25, -0.2) is 0 Å². The Morgan fingerprint density at radius 2 is 1.62 bits per heavy atom. The van der Waals surface area contributed by atoms with Crippen LogP contribution in [0.2, 0.25) is 5.02 Å². The zero-order valence-electron chi connectivity index (χ0n) is 17.8. The molecule has 1 atom stereocenters. The van der Waals surface area contributed by atoms with Gasteiger partial charge in [0, 0.05) is 20.8 Å². The van der Waals surface area contributed by atoms with Crippen LogP contribution in [0, 0.1) is 0 Å². The number of halogens is 1. The predicted octanol–water partition coefficient (Wildman–Crippen LogP) is 6.22. The predicted molar refractivity (Wildman–Crippen MR) is 132 cm³/mol. The van der Waals surface area contributed by atoms with Gasteiger partial charge in [-0.1, -0.05) is 55.1 Å². The highest BCUT2D eigenvalue weighted by Crippen LogP contribution is 2.28. The topological polar surface area (TPSA) is 49.4 Å². The van der Waals surface area contributed by atoms with Crippen LogP contribution in [0.1, 0.15) is 53.5 Å². The first-order valence-electron chi connectivity index (χ1n) is 11.0. The Balaban J connectivity index is 1.66. The zero-order chi connectivity index (χ0) is 22.3. The highest BCUT2D eigenvalue weighted by molar-refractivity contribution is 7.10. The van der Waals surface area contributed by atoms with E-state index in [1.807, 2.05) is 47.2 Å². The van der Waals surface area contributed by atoms with E-state index < -0.39 is 6.04 Å². The average Bonchev–Trinajstić information content (AvgIpc) is 3.49. The van der Waals surface area contributed by atoms with Crippen LogP contribution in [0.25, 0.3) is 0 Å². The van der Waals surface area contributed by atoms with Crippen LogP contribution < -0.4 is 5.32 Å². The molecule has 1 saturated carbocycles. The van der Waals surface area contributed by atoms with E-state index in [1.54, 1.807) is 39.7 Å². The Bertz CT molecular complexity index is 997. The fourth-order valence-electron chi connectivity index (χ4n) is 4.20. The van der Waals surface area contributed by atoms with Crippen LogP contribution in [-0.2, 0) is 22.6 Å². The van der Waals surface area contributed by atoms with Crippen LogP contribution in [0.3, 0.4) is 0 Å². The summed E-state index contributed by atoms with van der Waals surface area (Å²) in [4.78, 5) is 31.0. The maximum atomic E-state index is 13.6. The fourth-order valence-corrected chi connectivity index (χ4v) is 5.73. The smallest absolute Gasteiger partial charge is 0.247 e. The molecule has 4 nitrogen and oxygen atoms in total. The number of thiophene rings is 2. The molecule has 7 heteroatoms. The zero-order valence-corrected chi connectivity index (χ0v) is 20.2. The molecule has 1 N–H and O–H groups in total. The first kappa shape index (κ1) is 23.0. The minimum Gasteiger partial charge on any atom is -0.351 e. The van der Waals surface area contributed by atoms with Crippen LogP contribution in [0.4, 0.5) is 0 Å². The molecule has 2 amide bonds. The van der Waals surface area contributed by atoms with Gasteiger partial charge in [-0.3, -0.25) is 9.59 Å². The van der Waals surface area contributed by atoms with Crippen LogP contribution in [0.15, 0.2) is 59.3 Å². The van der Waals surface area contributed by atoms with Crippen LogP contribution >= 0.6 is 34.3 Å². The Morgan fingerprint density at radius 3 is 2.25 bits per heavy atom. The van der Waals surface area contributed by atoms with Crippen molar-refractivity contribution in [3.63, 3.8) is 0 Å². The molecular formula is C25H27ClN2O2S2. The third kappa shape index (κ3) is 6.00. The van der Waals surface area contributed by atoms with Crippen molar-refractivity contribution in [2.75, 3.05) is 0 Å². The molecule has 0 aliphatic heterocycles. The van der Waals surface area contributed by atoms with E-state index in [9.17, 15) is 9.59 Å². The van der Waals surface area contributed by atoms with Crippen molar-refractivity contribution in [2.24, 2.45) is 0 Å². The summed E-state index contributed by atoms with van der Waals surface area (Å²) in [5.74, 6) is -0.171.